The predicted octanol–water partition coefficient (Wildman–Crippen LogP) is 3.35. The average Bonchev–Trinajstić information content (AvgIpc) is 2.98. The Hall–Kier alpha value is -2.34. The Morgan fingerprint density at radius 1 is 1.18 bits per heavy atom. The van der Waals surface area contributed by atoms with Gasteiger partial charge >= 0.3 is 0 Å². The first-order chi connectivity index (χ1) is 10.8. The van der Waals surface area contributed by atoms with Crippen LogP contribution in [-0.4, -0.2) is 26.5 Å². The van der Waals surface area contributed by atoms with Gasteiger partial charge in [-0.3, -0.25) is 4.98 Å². The number of aryl methyl sites for hydroxylation is 2. The lowest BCUT2D eigenvalue weighted by atomic mass is 10.2. The molecule has 0 radical (unpaired) electrons. The van der Waals surface area contributed by atoms with Gasteiger partial charge in [0.05, 0.1) is 10.7 Å². The van der Waals surface area contributed by atoms with Gasteiger partial charge in [-0.05, 0) is 31.5 Å². The van der Waals surface area contributed by atoms with E-state index in [1.807, 2.05) is 25.1 Å². The molecule has 0 amide bonds. The van der Waals surface area contributed by atoms with E-state index < -0.39 is 0 Å². The second kappa shape index (κ2) is 7.09. The number of anilines is 1. The summed E-state index contributed by atoms with van der Waals surface area (Å²) in [6.07, 6.45) is 7.31. The third-order valence-electron chi connectivity index (χ3n) is 3.13. The van der Waals surface area contributed by atoms with Crippen molar-refractivity contribution in [2.45, 2.75) is 19.8 Å². The number of hydrogen-bond acceptors (Lipinski definition) is 6. The first-order valence-electron chi connectivity index (χ1n) is 7.19. The summed E-state index contributed by atoms with van der Waals surface area (Å²) in [5.74, 6) is 0.650. The largest absolute Gasteiger partial charge is 0.354 e. The van der Waals surface area contributed by atoms with Crippen molar-refractivity contribution in [2.24, 2.45) is 0 Å². The molecule has 112 valence electrons. The van der Waals surface area contributed by atoms with Gasteiger partial charge in [0.2, 0.25) is 5.95 Å². The van der Waals surface area contributed by atoms with Gasteiger partial charge in [-0.1, -0.05) is 0 Å². The molecular formula is C16H17N5S. The van der Waals surface area contributed by atoms with Crippen LogP contribution in [0.2, 0.25) is 0 Å². The molecule has 0 atom stereocenters. The molecule has 5 nitrogen and oxygen atoms in total. The molecule has 3 aromatic heterocycles. The first kappa shape index (κ1) is 14.6. The number of nitrogens with one attached hydrogen (secondary N) is 1. The summed E-state index contributed by atoms with van der Waals surface area (Å²) in [7, 11) is 0. The second-order valence-corrected chi connectivity index (χ2v) is 5.86. The zero-order valence-electron chi connectivity index (χ0n) is 12.4. The molecule has 3 heterocycles. The highest BCUT2D eigenvalue weighted by Gasteiger charge is 2.02. The van der Waals surface area contributed by atoms with E-state index in [1.165, 1.54) is 5.01 Å². The summed E-state index contributed by atoms with van der Waals surface area (Å²) in [5, 5.41) is 6.54. The van der Waals surface area contributed by atoms with Crippen LogP contribution in [0.1, 0.15) is 17.1 Å². The predicted molar refractivity (Wildman–Crippen MR) is 88.9 cm³/mol. The van der Waals surface area contributed by atoms with Crippen LogP contribution in [0.15, 0.2) is 42.2 Å². The highest BCUT2D eigenvalue weighted by Crippen LogP contribution is 2.16. The zero-order chi connectivity index (χ0) is 15.2. The number of rotatable bonds is 6. The molecular weight excluding hydrogens is 294 g/mol. The van der Waals surface area contributed by atoms with Crippen LogP contribution in [0, 0.1) is 6.92 Å². The average molecular weight is 311 g/mol. The number of hydrogen-bond donors (Lipinski definition) is 1. The molecule has 22 heavy (non-hydrogen) atoms. The van der Waals surface area contributed by atoms with Gasteiger partial charge < -0.3 is 5.32 Å². The number of aromatic nitrogens is 4. The third kappa shape index (κ3) is 3.85. The zero-order valence-corrected chi connectivity index (χ0v) is 13.2. The van der Waals surface area contributed by atoms with Crippen molar-refractivity contribution in [1.82, 2.24) is 19.9 Å². The molecule has 0 bridgehead atoms. The van der Waals surface area contributed by atoms with Crippen LogP contribution < -0.4 is 5.32 Å². The number of pyridine rings is 1. The molecule has 1 N–H and O–H groups in total. The van der Waals surface area contributed by atoms with Crippen molar-refractivity contribution in [3.63, 3.8) is 0 Å². The van der Waals surface area contributed by atoms with Crippen LogP contribution in [0.25, 0.3) is 11.3 Å². The topological polar surface area (TPSA) is 63.6 Å². The number of nitrogens with zero attached hydrogens (tertiary/aromatic N) is 4. The normalized spacial score (nSPS) is 10.6. The lowest BCUT2D eigenvalue weighted by Crippen LogP contribution is -2.06. The van der Waals surface area contributed by atoms with E-state index >= 15 is 0 Å². The van der Waals surface area contributed by atoms with Crippen molar-refractivity contribution in [2.75, 3.05) is 11.9 Å². The summed E-state index contributed by atoms with van der Waals surface area (Å²) >= 11 is 1.72. The van der Waals surface area contributed by atoms with Gasteiger partial charge in [-0.2, -0.15) is 0 Å². The molecule has 0 aliphatic carbocycles. The molecule has 0 fully saturated rings. The van der Waals surface area contributed by atoms with Crippen LogP contribution in [0.5, 0.6) is 0 Å². The van der Waals surface area contributed by atoms with Crippen molar-refractivity contribution in [3.8, 4) is 11.3 Å². The molecule has 0 saturated carbocycles. The fraction of sp³-hybridized carbons (Fsp3) is 0.250. The van der Waals surface area contributed by atoms with Crippen LogP contribution >= 0.6 is 11.3 Å². The van der Waals surface area contributed by atoms with E-state index in [0.29, 0.717) is 5.95 Å². The second-order valence-electron chi connectivity index (χ2n) is 4.92. The molecule has 3 aromatic rings. The molecule has 0 aliphatic rings. The van der Waals surface area contributed by atoms with E-state index in [-0.39, 0.29) is 0 Å². The molecule has 0 spiro atoms. The van der Waals surface area contributed by atoms with Gasteiger partial charge in [0.25, 0.3) is 0 Å². The fourth-order valence-corrected chi connectivity index (χ4v) is 2.89. The highest BCUT2D eigenvalue weighted by molar-refractivity contribution is 7.09. The van der Waals surface area contributed by atoms with Crippen LogP contribution in [0.4, 0.5) is 5.95 Å². The van der Waals surface area contributed by atoms with Gasteiger partial charge in [0.1, 0.15) is 0 Å². The van der Waals surface area contributed by atoms with Gasteiger partial charge in [-0.15, -0.1) is 11.3 Å². The minimum absolute atomic E-state index is 0.650. The van der Waals surface area contributed by atoms with Gasteiger partial charge in [0.15, 0.2) is 0 Å². The monoisotopic (exact) mass is 311 g/mol. The Morgan fingerprint density at radius 3 is 2.91 bits per heavy atom. The minimum Gasteiger partial charge on any atom is -0.354 e. The Kier molecular flexibility index (Phi) is 4.70. The van der Waals surface area contributed by atoms with Crippen molar-refractivity contribution in [1.29, 1.82) is 0 Å². The minimum atomic E-state index is 0.650. The smallest absolute Gasteiger partial charge is 0.223 e. The maximum absolute atomic E-state index is 4.52. The summed E-state index contributed by atoms with van der Waals surface area (Å²) in [5.41, 5.74) is 2.97. The van der Waals surface area contributed by atoms with Crippen molar-refractivity contribution >= 4 is 17.3 Å². The summed E-state index contributed by atoms with van der Waals surface area (Å²) < 4.78 is 0. The maximum Gasteiger partial charge on any atom is 0.223 e. The van der Waals surface area contributed by atoms with Gasteiger partial charge in [-0.25, -0.2) is 15.0 Å². The molecule has 0 unspecified atom stereocenters. The first-order valence-corrected chi connectivity index (χ1v) is 8.07. The third-order valence-corrected chi connectivity index (χ3v) is 4.16. The van der Waals surface area contributed by atoms with Crippen LogP contribution in [-0.2, 0) is 6.42 Å². The van der Waals surface area contributed by atoms with Gasteiger partial charge in [0, 0.05) is 48.2 Å². The summed E-state index contributed by atoms with van der Waals surface area (Å²) in [6, 6.07) is 5.78. The highest BCUT2D eigenvalue weighted by atomic mass is 32.1. The number of thiazole rings is 1. The summed E-state index contributed by atoms with van der Waals surface area (Å²) in [4.78, 5) is 17.4. The SMILES string of the molecule is Cc1csc(CCCNc2nccc(-c3cccnc3)n2)n1. The lowest BCUT2D eigenvalue weighted by molar-refractivity contribution is 0.843. The maximum atomic E-state index is 4.52. The van der Waals surface area contributed by atoms with E-state index in [0.717, 1.165) is 36.3 Å². The molecule has 0 saturated heterocycles. The Morgan fingerprint density at radius 2 is 2.14 bits per heavy atom. The Labute approximate surface area is 133 Å². The Balaban J connectivity index is 1.55. The van der Waals surface area contributed by atoms with E-state index in [1.54, 1.807) is 29.9 Å². The lowest BCUT2D eigenvalue weighted by Gasteiger charge is -2.06. The van der Waals surface area contributed by atoms with E-state index in [4.69, 9.17) is 0 Å². The van der Waals surface area contributed by atoms with E-state index in [2.05, 4.69) is 30.6 Å². The van der Waals surface area contributed by atoms with Crippen molar-refractivity contribution < 1.29 is 0 Å². The molecule has 0 aromatic carbocycles. The quantitative estimate of drug-likeness (QED) is 0.707. The van der Waals surface area contributed by atoms with Crippen molar-refractivity contribution in [3.05, 3.63) is 52.9 Å². The molecule has 3 rings (SSSR count). The van der Waals surface area contributed by atoms with E-state index in [9.17, 15) is 0 Å². The fourth-order valence-electron chi connectivity index (χ4n) is 2.08. The molecule has 6 heteroatoms. The van der Waals surface area contributed by atoms with Crippen LogP contribution in [0.3, 0.4) is 0 Å². The Bertz CT molecular complexity index is 726. The standard InChI is InChI=1S/C16H17N5S/c1-12-11-22-15(20-12)5-3-8-18-16-19-9-6-14(21-16)13-4-2-7-17-10-13/h2,4,6-7,9-11H,3,5,8H2,1H3,(H,18,19,21). The molecule has 0 aliphatic heterocycles. The summed E-state index contributed by atoms with van der Waals surface area (Å²) in [6.45, 7) is 2.85.